The van der Waals surface area contributed by atoms with Crippen molar-refractivity contribution in [2.75, 3.05) is 14.2 Å². The number of ether oxygens (including phenoxy) is 2. The van der Waals surface area contributed by atoms with E-state index in [-0.39, 0.29) is 0 Å². The molecule has 0 saturated carbocycles. The lowest BCUT2D eigenvalue weighted by Crippen LogP contribution is -2.01. The number of esters is 1. The second-order valence-corrected chi connectivity index (χ2v) is 2.82. The first-order chi connectivity index (χ1) is 7.26. The summed E-state index contributed by atoms with van der Waals surface area (Å²) in [5.74, 6) is 0.119. The van der Waals surface area contributed by atoms with E-state index in [1.807, 2.05) is 0 Å². The molecule has 0 spiro atoms. The van der Waals surface area contributed by atoms with Crippen molar-refractivity contribution in [1.82, 2.24) is 14.8 Å². The summed E-state index contributed by atoms with van der Waals surface area (Å²) in [6.07, 6.45) is 2.93. The van der Waals surface area contributed by atoms with Gasteiger partial charge in [-0.2, -0.15) is 14.8 Å². The van der Waals surface area contributed by atoms with Gasteiger partial charge < -0.3 is 9.47 Å². The molecular weight excluding hydrogens is 198 g/mol. The molecule has 0 radical (unpaired) electrons. The summed E-state index contributed by atoms with van der Waals surface area (Å²) < 4.78 is 11.0. The molecule has 2 rings (SSSR count). The zero-order valence-corrected chi connectivity index (χ0v) is 8.30. The smallest absolute Gasteiger partial charge is 0.341 e. The molecule has 6 nitrogen and oxygen atoms in total. The van der Waals surface area contributed by atoms with E-state index in [1.54, 1.807) is 6.07 Å². The lowest BCUT2D eigenvalue weighted by atomic mass is 10.3. The minimum absolute atomic E-state index is 0.365. The average Bonchev–Trinajstić information content (AvgIpc) is 2.70. The van der Waals surface area contributed by atoms with Gasteiger partial charge in [0.25, 0.3) is 0 Å². The number of nitrogens with zero attached hydrogens (tertiary/aromatic N) is 3. The molecule has 0 N–H and O–H groups in total. The number of hydrogen-bond acceptors (Lipinski definition) is 5. The fraction of sp³-hybridized carbons (Fsp3) is 0.222. The Labute approximate surface area is 85.4 Å². The van der Waals surface area contributed by atoms with Crippen molar-refractivity contribution in [3.05, 3.63) is 24.0 Å². The van der Waals surface area contributed by atoms with Crippen LogP contribution in [0.25, 0.3) is 5.52 Å². The molecule has 0 saturated heterocycles. The molecule has 0 aliphatic rings. The number of carbonyl (C=O) groups excluding carboxylic acids is 1. The Morgan fingerprint density at radius 3 is 2.73 bits per heavy atom. The van der Waals surface area contributed by atoms with Gasteiger partial charge in [0, 0.05) is 6.07 Å². The van der Waals surface area contributed by atoms with Gasteiger partial charge in [-0.25, -0.2) is 4.79 Å². The van der Waals surface area contributed by atoms with Gasteiger partial charge in [-0.05, 0) is 0 Å². The molecule has 6 heteroatoms. The summed E-state index contributed by atoms with van der Waals surface area (Å²) in [5.41, 5.74) is 0.921. The molecule has 0 aromatic carbocycles. The molecule has 2 aromatic rings. The van der Waals surface area contributed by atoms with Crippen molar-refractivity contribution in [2.45, 2.75) is 0 Å². The van der Waals surface area contributed by atoms with E-state index in [9.17, 15) is 4.79 Å². The van der Waals surface area contributed by atoms with Crippen LogP contribution >= 0.6 is 0 Å². The SMILES string of the molecule is COC(=O)c1cnn2ncc(OC)cc12. The number of aromatic nitrogens is 3. The molecule has 0 bridgehead atoms. The van der Waals surface area contributed by atoms with E-state index < -0.39 is 5.97 Å². The van der Waals surface area contributed by atoms with Crippen LogP contribution in [0.4, 0.5) is 0 Å². The highest BCUT2D eigenvalue weighted by molar-refractivity contribution is 5.96. The van der Waals surface area contributed by atoms with Crippen LogP contribution in [0.5, 0.6) is 5.75 Å². The van der Waals surface area contributed by atoms with Gasteiger partial charge in [0.15, 0.2) is 0 Å². The van der Waals surface area contributed by atoms with Crippen molar-refractivity contribution < 1.29 is 14.3 Å². The van der Waals surface area contributed by atoms with Gasteiger partial charge in [-0.15, -0.1) is 0 Å². The van der Waals surface area contributed by atoms with Crippen LogP contribution in [-0.2, 0) is 4.74 Å². The van der Waals surface area contributed by atoms with Crippen molar-refractivity contribution in [3.63, 3.8) is 0 Å². The summed E-state index contributed by atoms with van der Waals surface area (Å²) in [6.45, 7) is 0. The third-order valence-electron chi connectivity index (χ3n) is 2.00. The number of hydrogen-bond donors (Lipinski definition) is 0. The minimum atomic E-state index is -0.444. The van der Waals surface area contributed by atoms with Gasteiger partial charge in [-0.3, -0.25) is 0 Å². The molecule has 0 aliphatic heterocycles. The maximum atomic E-state index is 11.3. The van der Waals surface area contributed by atoms with Crippen LogP contribution in [-0.4, -0.2) is 35.0 Å². The predicted octanol–water partition coefficient (Wildman–Crippen LogP) is 0.524. The Hall–Kier alpha value is -2.11. The third-order valence-corrected chi connectivity index (χ3v) is 2.00. The van der Waals surface area contributed by atoms with Crippen LogP contribution in [0.2, 0.25) is 0 Å². The van der Waals surface area contributed by atoms with Crippen LogP contribution in [0.15, 0.2) is 18.5 Å². The number of rotatable bonds is 2. The molecule has 15 heavy (non-hydrogen) atoms. The molecule has 0 atom stereocenters. The van der Waals surface area contributed by atoms with Gasteiger partial charge in [0.1, 0.15) is 16.8 Å². The molecule has 0 unspecified atom stereocenters. The highest BCUT2D eigenvalue weighted by atomic mass is 16.5. The first-order valence-corrected chi connectivity index (χ1v) is 4.22. The zero-order valence-electron chi connectivity index (χ0n) is 8.30. The van der Waals surface area contributed by atoms with E-state index in [0.29, 0.717) is 16.8 Å². The Balaban J connectivity index is 2.61. The molecule has 78 valence electrons. The van der Waals surface area contributed by atoms with E-state index in [0.717, 1.165) is 0 Å². The maximum Gasteiger partial charge on any atom is 0.341 e. The number of methoxy groups -OCH3 is 2. The van der Waals surface area contributed by atoms with Crippen LogP contribution < -0.4 is 4.74 Å². The summed E-state index contributed by atoms with van der Waals surface area (Å²) in [6, 6.07) is 1.67. The van der Waals surface area contributed by atoms with E-state index >= 15 is 0 Å². The Bertz CT molecular complexity index is 506. The van der Waals surface area contributed by atoms with Gasteiger partial charge in [0.05, 0.1) is 26.6 Å². The van der Waals surface area contributed by atoms with Gasteiger partial charge >= 0.3 is 5.97 Å². The largest absolute Gasteiger partial charge is 0.495 e. The Morgan fingerprint density at radius 2 is 2.07 bits per heavy atom. The molecule has 0 amide bonds. The predicted molar refractivity (Wildman–Crippen MR) is 50.9 cm³/mol. The fourth-order valence-corrected chi connectivity index (χ4v) is 1.24. The van der Waals surface area contributed by atoms with Crippen molar-refractivity contribution in [1.29, 1.82) is 0 Å². The average molecular weight is 207 g/mol. The fourth-order valence-electron chi connectivity index (χ4n) is 1.24. The molecule has 2 heterocycles. The van der Waals surface area contributed by atoms with Crippen molar-refractivity contribution >= 4 is 11.5 Å². The number of carbonyl (C=O) groups is 1. The lowest BCUT2D eigenvalue weighted by Gasteiger charge is -2.00. The molecule has 0 fully saturated rings. The zero-order chi connectivity index (χ0) is 10.8. The summed E-state index contributed by atoms with van der Waals surface area (Å²) in [4.78, 5) is 11.3. The lowest BCUT2D eigenvalue weighted by molar-refractivity contribution is 0.0603. The van der Waals surface area contributed by atoms with Crippen LogP contribution in [0, 0.1) is 0 Å². The van der Waals surface area contributed by atoms with Crippen molar-refractivity contribution in [3.8, 4) is 5.75 Å². The monoisotopic (exact) mass is 207 g/mol. The molecule has 0 aliphatic carbocycles. The second-order valence-electron chi connectivity index (χ2n) is 2.82. The van der Waals surface area contributed by atoms with E-state index in [1.165, 1.54) is 31.2 Å². The highest BCUT2D eigenvalue weighted by Crippen LogP contribution is 2.16. The minimum Gasteiger partial charge on any atom is -0.495 e. The van der Waals surface area contributed by atoms with Gasteiger partial charge in [-0.1, -0.05) is 0 Å². The molecule has 2 aromatic heterocycles. The highest BCUT2D eigenvalue weighted by Gasteiger charge is 2.13. The Kier molecular flexibility index (Phi) is 2.24. The number of fused-ring (bicyclic) bond motifs is 1. The van der Waals surface area contributed by atoms with Gasteiger partial charge in [0.2, 0.25) is 0 Å². The van der Waals surface area contributed by atoms with Crippen LogP contribution in [0.3, 0.4) is 0 Å². The standard InChI is InChI=1S/C9H9N3O3/c1-14-6-3-8-7(9(13)15-2)5-11-12(8)10-4-6/h3-5H,1-2H3. The quantitative estimate of drug-likeness (QED) is 0.672. The normalized spacial score (nSPS) is 10.3. The summed E-state index contributed by atoms with van der Waals surface area (Å²) >= 11 is 0. The topological polar surface area (TPSA) is 65.7 Å². The van der Waals surface area contributed by atoms with Crippen molar-refractivity contribution in [2.24, 2.45) is 0 Å². The van der Waals surface area contributed by atoms with E-state index in [2.05, 4.69) is 14.9 Å². The second kappa shape index (κ2) is 3.56. The third kappa shape index (κ3) is 1.50. The first kappa shape index (κ1) is 9.45. The molecular formula is C9H9N3O3. The van der Waals surface area contributed by atoms with E-state index in [4.69, 9.17) is 4.74 Å². The Morgan fingerprint density at radius 1 is 1.33 bits per heavy atom. The van der Waals surface area contributed by atoms with Crippen LogP contribution in [0.1, 0.15) is 10.4 Å². The first-order valence-electron chi connectivity index (χ1n) is 4.22. The summed E-state index contributed by atoms with van der Waals surface area (Å²) in [5, 5.41) is 7.87. The summed E-state index contributed by atoms with van der Waals surface area (Å²) in [7, 11) is 2.85. The maximum absolute atomic E-state index is 11.3.